The van der Waals surface area contributed by atoms with E-state index in [9.17, 15) is 14.4 Å². The van der Waals surface area contributed by atoms with Crippen LogP contribution in [0.4, 0.5) is 10.5 Å². The fraction of sp³-hybridized carbons (Fsp3) is 0.400. The van der Waals surface area contributed by atoms with Gasteiger partial charge in [0.1, 0.15) is 6.04 Å². The maximum absolute atomic E-state index is 11.8. The first-order valence-electron chi connectivity index (χ1n) is 7.16. The molecule has 7 nitrogen and oxygen atoms in total. The zero-order valence-corrected chi connectivity index (χ0v) is 13.2. The lowest BCUT2D eigenvalue weighted by molar-refractivity contribution is -0.139. The summed E-state index contributed by atoms with van der Waals surface area (Å²) >= 11 is 5.80. The largest absolute Gasteiger partial charge is 0.481 e. The molecule has 0 saturated carbocycles. The Morgan fingerprint density at radius 2 is 1.87 bits per heavy atom. The van der Waals surface area contributed by atoms with E-state index in [1.54, 1.807) is 24.3 Å². The fourth-order valence-corrected chi connectivity index (χ4v) is 2.14. The van der Waals surface area contributed by atoms with Gasteiger partial charge in [-0.25, -0.2) is 9.59 Å². The first-order valence-corrected chi connectivity index (χ1v) is 7.54. The summed E-state index contributed by atoms with van der Waals surface area (Å²) in [6.45, 7) is 0. The Hall–Kier alpha value is -2.28. The summed E-state index contributed by atoms with van der Waals surface area (Å²) in [6, 6.07) is 4.83. The molecule has 4 N–H and O–H groups in total. The number of urea groups is 1. The van der Waals surface area contributed by atoms with Gasteiger partial charge in [-0.15, -0.1) is 0 Å². The van der Waals surface area contributed by atoms with E-state index in [1.807, 2.05) is 0 Å². The molecular weight excluding hydrogens is 324 g/mol. The van der Waals surface area contributed by atoms with E-state index in [4.69, 9.17) is 21.8 Å². The van der Waals surface area contributed by atoms with Gasteiger partial charge in [-0.3, -0.25) is 4.79 Å². The Labute approximate surface area is 138 Å². The van der Waals surface area contributed by atoms with Gasteiger partial charge in [-0.1, -0.05) is 30.5 Å². The zero-order valence-electron chi connectivity index (χ0n) is 12.4. The van der Waals surface area contributed by atoms with Crippen molar-refractivity contribution in [1.29, 1.82) is 0 Å². The van der Waals surface area contributed by atoms with Gasteiger partial charge in [0, 0.05) is 17.1 Å². The molecule has 0 aliphatic carbocycles. The molecule has 0 spiro atoms. The normalized spacial score (nSPS) is 11.5. The number of carbonyl (C=O) groups is 3. The van der Waals surface area contributed by atoms with Crippen LogP contribution in [0.5, 0.6) is 0 Å². The number of aliphatic carboxylic acids is 2. The average molecular weight is 343 g/mol. The lowest BCUT2D eigenvalue weighted by Gasteiger charge is -2.15. The molecule has 2 amide bonds. The molecule has 0 fully saturated rings. The minimum absolute atomic E-state index is 0.0560. The molecule has 1 aromatic rings. The smallest absolute Gasteiger partial charge is 0.326 e. The molecule has 0 aromatic heterocycles. The summed E-state index contributed by atoms with van der Waals surface area (Å²) in [5.41, 5.74) is 0.459. The quantitative estimate of drug-likeness (QED) is 0.515. The first-order chi connectivity index (χ1) is 10.9. The van der Waals surface area contributed by atoms with Gasteiger partial charge in [0.15, 0.2) is 0 Å². The van der Waals surface area contributed by atoms with Gasteiger partial charge in [0.25, 0.3) is 0 Å². The van der Waals surface area contributed by atoms with Crippen molar-refractivity contribution in [1.82, 2.24) is 5.32 Å². The Bertz CT molecular complexity index is 565. The summed E-state index contributed by atoms with van der Waals surface area (Å²) in [5.74, 6) is -2.01. The van der Waals surface area contributed by atoms with E-state index in [2.05, 4.69) is 10.6 Å². The number of carbonyl (C=O) groups excluding carboxylic acids is 1. The number of carboxylic acid groups (broad SMARTS) is 2. The Kier molecular flexibility index (Phi) is 7.90. The number of hydrogen-bond donors (Lipinski definition) is 4. The topological polar surface area (TPSA) is 116 Å². The number of anilines is 1. The van der Waals surface area contributed by atoms with E-state index < -0.39 is 24.0 Å². The molecule has 1 aromatic carbocycles. The number of hydrogen-bond acceptors (Lipinski definition) is 3. The van der Waals surface area contributed by atoms with Gasteiger partial charge >= 0.3 is 18.0 Å². The molecule has 0 bridgehead atoms. The van der Waals surface area contributed by atoms with Crippen molar-refractivity contribution in [2.45, 2.75) is 38.1 Å². The molecule has 0 aliphatic heterocycles. The van der Waals surface area contributed by atoms with Crippen molar-refractivity contribution < 1.29 is 24.6 Å². The van der Waals surface area contributed by atoms with E-state index in [-0.39, 0.29) is 12.8 Å². The van der Waals surface area contributed by atoms with Crippen LogP contribution in [0, 0.1) is 0 Å². The zero-order chi connectivity index (χ0) is 17.2. The Morgan fingerprint density at radius 3 is 2.48 bits per heavy atom. The van der Waals surface area contributed by atoms with Crippen LogP contribution in [0.15, 0.2) is 24.3 Å². The van der Waals surface area contributed by atoms with Crippen LogP contribution in [0.3, 0.4) is 0 Å². The number of benzene rings is 1. The van der Waals surface area contributed by atoms with Crippen LogP contribution in [0.25, 0.3) is 0 Å². The third-order valence-corrected chi connectivity index (χ3v) is 3.30. The van der Waals surface area contributed by atoms with Gasteiger partial charge < -0.3 is 20.8 Å². The van der Waals surface area contributed by atoms with Crippen molar-refractivity contribution in [3.63, 3.8) is 0 Å². The van der Waals surface area contributed by atoms with E-state index >= 15 is 0 Å². The summed E-state index contributed by atoms with van der Waals surface area (Å²) in [4.78, 5) is 33.3. The molecule has 8 heteroatoms. The van der Waals surface area contributed by atoms with Crippen molar-refractivity contribution in [3.8, 4) is 0 Å². The highest BCUT2D eigenvalue weighted by Gasteiger charge is 2.19. The molecule has 0 radical (unpaired) electrons. The van der Waals surface area contributed by atoms with Crippen molar-refractivity contribution in [2.75, 3.05) is 5.32 Å². The van der Waals surface area contributed by atoms with Gasteiger partial charge in [-0.2, -0.15) is 0 Å². The highest BCUT2D eigenvalue weighted by atomic mass is 35.5. The third kappa shape index (κ3) is 8.06. The summed E-state index contributed by atoms with van der Waals surface area (Å²) in [7, 11) is 0. The first kappa shape index (κ1) is 18.8. The highest BCUT2D eigenvalue weighted by Crippen LogP contribution is 2.15. The second kappa shape index (κ2) is 9.68. The molecule has 0 aliphatic rings. The predicted octanol–water partition coefficient (Wildman–Crippen LogP) is 2.95. The second-order valence-electron chi connectivity index (χ2n) is 4.99. The van der Waals surface area contributed by atoms with Gasteiger partial charge in [-0.05, 0) is 31.0 Å². The standard InChI is InChI=1S/C15H19ClN2O5/c16-10-5-4-6-11(9-10)17-15(23)18-12(14(21)22)7-2-1-3-8-13(19)20/h4-6,9,12H,1-3,7-8H2,(H,19,20)(H,21,22)(H2,17,18,23)/t12-/m0/s1. The Morgan fingerprint density at radius 1 is 1.13 bits per heavy atom. The number of nitrogens with one attached hydrogen (secondary N) is 2. The van der Waals surface area contributed by atoms with Gasteiger partial charge in [0.2, 0.25) is 0 Å². The number of rotatable bonds is 9. The average Bonchev–Trinajstić information content (AvgIpc) is 2.45. The second-order valence-corrected chi connectivity index (χ2v) is 5.43. The van der Waals surface area contributed by atoms with Crippen LogP contribution in [0.2, 0.25) is 5.02 Å². The predicted molar refractivity (Wildman–Crippen MR) is 85.8 cm³/mol. The molecule has 23 heavy (non-hydrogen) atoms. The molecular formula is C15H19ClN2O5. The molecule has 0 saturated heterocycles. The van der Waals surface area contributed by atoms with Crippen LogP contribution in [-0.4, -0.2) is 34.2 Å². The maximum Gasteiger partial charge on any atom is 0.326 e. The molecule has 0 heterocycles. The number of amides is 2. The highest BCUT2D eigenvalue weighted by molar-refractivity contribution is 6.30. The van der Waals surface area contributed by atoms with Crippen molar-refractivity contribution >= 4 is 35.3 Å². The van der Waals surface area contributed by atoms with E-state index in [0.717, 1.165) is 0 Å². The van der Waals surface area contributed by atoms with Crippen LogP contribution >= 0.6 is 11.6 Å². The molecule has 1 atom stereocenters. The molecule has 0 unspecified atom stereocenters. The maximum atomic E-state index is 11.8. The Balaban J connectivity index is 2.41. The monoisotopic (exact) mass is 342 g/mol. The SMILES string of the molecule is O=C(O)CCCCC[C@H](NC(=O)Nc1cccc(Cl)c1)C(=O)O. The van der Waals surface area contributed by atoms with Crippen LogP contribution < -0.4 is 10.6 Å². The number of halogens is 1. The van der Waals surface area contributed by atoms with E-state index in [0.29, 0.717) is 30.0 Å². The summed E-state index contributed by atoms with van der Waals surface area (Å²) in [5, 5.41) is 23.0. The lowest BCUT2D eigenvalue weighted by atomic mass is 10.1. The molecule has 126 valence electrons. The van der Waals surface area contributed by atoms with Crippen molar-refractivity contribution in [3.05, 3.63) is 29.3 Å². The lowest BCUT2D eigenvalue weighted by Crippen LogP contribution is -2.42. The molecule has 1 rings (SSSR count). The summed E-state index contributed by atoms with van der Waals surface area (Å²) < 4.78 is 0. The number of unbranched alkanes of at least 4 members (excludes halogenated alkanes) is 2. The van der Waals surface area contributed by atoms with E-state index in [1.165, 1.54) is 0 Å². The number of carboxylic acids is 2. The summed E-state index contributed by atoms with van der Waals surface area (Å²) in [6.07, 6.45) is 1.88. The fourth-order valence-electron chi connectivity index (χ4n) is 1.95. The van der Waals surface area contributed by atoms with Crippen LogP contribution in [0.1, 0.15) is 32.1 Å². The van der Waals surface area contributed by atoms with Gasteiger partial charge in [0.05, 0.1) is 0 Å². The minimum atomic E-state index is -1.13. The van der Waals surface area contributed by atoms with Crippen molar-refractivity contribution in [2.24, 2.45) is 0 Å². The minimum Gasteiger partial charge on any atom is -0.481 e. The van der Waals surface area contributed by atoms with Crippen LogP contribution in [-0.2, 0) is 9.59 Å². The third-order valence-electron chi connectivity index (χ3n) is 3.07.